The molecule has 0 radical (unpaired) electrons. The average molecular weight is 309 g/mol. The molecule has 0 heterocycles. The fraction of sp³-hybridized carbons (Fsp3) is 0.588. The van der Waals surface area contributed by atoms with Crippen molar-refractivity contribution in [2.75, 3.05) is 18.6 Å². The standard InChI is InChI=1S/C17H27NO2S/c1-13(2)11-21-12-17(16(19)20-5,18-14(3)4)15-9-7-6-8-10-15/h6-10,13-14,18H,11-12H2,1-5H3. The van der Waals surface area contributed by atoms with Gasteiger partial charge in [0.15, 0.2) is 5.54 Å². The summed E-state index contributed by atoms with van der Waals surface area (Å²) in [6.07, 6.45) is 0. The highest BCUT2D eigenvalue weighted by atomic mass is 32.2. The molecule has 4 heteroatoms. The van der Waals surface area contributed by atoms with Crippen molar-refractivity contribution < 1.29 is 9.53 Å². The van der Waals surface area contributed by atoms with Crippen LogP contribution < -0.4 is 5.32 Å². The normalized spacial score (nSPS) is 14.2. The summed E-state index contributed by atoms with van der Waals surface area (Å²) in [7, 11) is 1.45. The maximum Gasteiger partial charge on any atom is 0.331 e. The van der Waals surface area contributed by atoms with Crippen molar-refractivity contribution in [3.63, 3.8) is 0 Å². The molecule has 0 amide bonds. The molecule has 0 saturated heterocycles. The zero-order chi connectivity index (χ0) is 15.9. The predicted octanol–water partition coefficient (Wildman–Crippen LogP) is 3.44. The summed E-state index contributed by atoms with van der Waals surface area (Å²) in [6, 6.07) is 10.0. The maximum absolute atomic E-state index is 12.5. The SMILES string of the molecule is COC(=O)C(CSCC(C)C)(NC(C)C)c1ccccc1. The van der Waals surface area contributed by atoms with E-state index in [1.165, 1.54) is 7.11 Å². The van der Waals surface area contributed by atoms with Gasteiger partial charge in [-0.15, -0.1) is 0 Å². The van der Waals surface area contributed by atoms with Gasteiger partial charge in [0.2, 0.25) is 0 Å². The second-order valence-corrected chi connectivity index (χ2v) is 7.00. The van der Waals surface area contributed by atoms with Gasteiger partial charge in [-0.1, -0.05) is 44.2 Å². The third kappa shape index (κ3) is 5.04. The molecule has 1 aromatic carbocycles. The number of hydrogen-bond donors (Lipinski definition) is 1. The largest absolute Gasteiger partial charge is 0.467 e. The van der Waals surface area contributed by atoms with Crippen LogP contribution in [0.3, 0.4) is 0 Å². The Labute approximate surface area is 132 Å². The summed E-state index contributed by atoms with van der Waals surface area (Å²) >= 11 is 1.79. The van der Waals surface area contributed by atoms with Crippen LogP contribution in [-0.2, 0) is 15.1 Å². The van der Waals surface area contributed by atoms with E-state index in [1.54, 1.807) is 11.8 Å². The average Bonchev–Trinajstić information content (AvgIpc) is 2.45. The van der Waals surface area contributed by atoms with Gasteiger partial charge >= 0.3 is 5.97 Å². The lowest BCUT2D eigenvalue weighted by Gasteiger charge is -2.34. The number of hydrogen-bond acceptors (Lipinski definition) is 4. The summed E-state index contributed by atoms with van der Waals surface area (Å²) in [5.41, 5.74) is 0.172. The molecule has 0 saturated carbocycles. The molecule has 0 bridgehead atoms. The Morgan fingerprint density at radius 2 is 1.86 bits per heavy atom. The summed E-state index contributed by atoms with van der Waals surface area (Å²) in [6.45, 7) is 8.47. The number of carbonyl (C=O) groups excluding carboxylic acids is 1. The lowest BCUT2D eigenvalue weighted by molar-refractivity contribution is -0.148. The molecule has 0 spiro atoms. The van der Waals surface area contributed by atoms with E-state index < -0.39 is 5.54 Å². The van der Waals surface area contributed by atoms with Crippen molar-refractivity contribution >= 4 is 17.7 Å². The molecule has 0 aliphatic heterocycles. The molecule has 0 fully saturated rings. The molecule has 0 aliphatic carbocycles. The predicted molar refractivity (Wildman–Crippen MR) is 90.6 cm³/mol. The second-order valence-electron chi connectivity index (χ2n) is 5.97. The van der Waals surface area contributed by atoms with E-state index in [1.807, 2.05) is 44.2 Å². The van der Waals surface area contributed by atoms with Gasteiger partial charge in [-0.3, -0.25) is 5.32 Å². The van der Waals surface area contributed by atoms with Crippen molar-refractivity contribution in [1.82, 2.24) is 5.32 Å². The zero-order valence-electron chi connectivity index (χ0n) is 13.7. The Bertz CT molecular complexity index is 434. The van der Waals surface area contributed by atoms with Gasteiger partial charge in [0, 0.05) is 11.8 Å². The molecule has 3 nitrogen and oxygen atoms in total. The van der Waals surface area contributed by atoms with Crippen LogP contribution in [0.2, 0.25) is 0 Å². The number of rotatable bonds is 8. The summed E-state index contributed by atoms with van der Waals surface area (Å²) in [5, 5.41) is 3.44. The molecule has 1 N–H and O–H groups in total. The molecule has 1 rings (SSSR count). The number of esters is 1. The van der Waals surface area contributed by atoms with E-state index >= 15 is 0 Å². The van der Waals surface area contributed by atoms with Gasteiger partial charge in [0.1, 0.15) is 0 Å². The quantitative estimate of drug-likeness (QED) is 0.747. The topological polar surface area (TPSA) is 38.3 Å². The smallest absolute Gasteiger partial charge is 0.331 e. The van der Waals surface area contributed by atoms with Crippen LogP contribution in [0, 0.1) is 5.92 Å². The highest BCUT2D eigenvalue weighted by Gasteiger charge is 2.41. The van der Waals surface area contributed by atoms with E-state index in [0.29, 0.717) is 11.7 Å². The summed E-state index contributed by atoms with van der Waals surface area (Å²) < 4.78 is 5.11. The van der Waals surface area contributed by atoms with Gasteiger partial charge in [0.25, 0.3) is 0 Å². The van der Waals surface area contributed by atoms with Gasteiger partial charge in [-0.25, -0.2) is 4.79 Å². The van der Waals surface area contributed by atoms with E-state index in [9.17, 15) is 4.79 Å². The van der Waals surface area contributed by atoms with Crippen molar-refractivity contribution in [2.45, 2.75) is 39.3 Å². The van der Waals surface area contributed by atoms with Gasteiger partial charge in [-0.05, 0) is 31.1 Å². The van der Waals surface area contributed by atoms with Crippen LogP contribution in [-0.4, -0.2) is 30.6 Å². The lowest BCUT2D eigenvalue weighted by atomic mass is 9.91. The molecular weight excluding hydrogens is 282 g/mol. The first-order chi connectivity index (χ1) is 9.92. The Morgan fingerprint density at radius 1 is 1.24 bits per heavy atom. The van der Waals surface area contributed by atoms with Crippen molar-refractivity contribution in [3.05, 3.63) is 35.9 Å². The minimum atomic E-state index is -0.788. The maximum atomic E-state index is 12.5. The fourth-order valence-corrected chi connectivity index (χ4v) is 3.54. The van der Waals surface area contributed by atoms with Crippen LogP contribution in [0.25, 0.3) is 0 Å². The van der Waals surface area contributed by atoms with Crippen LogP contribution >= 0.6 is 11.8 Å². The van der Waals surface area contributed by atoms with Crippen LogP contribution in [0.4, 0.5) is 0 Å². The summed E-state index contributed by atoms with van der Waals surface area (Å²) in [4.78, 5) is 12.5. The molecule has 0 aliphatic rings. The lowest BCUT2D eigenvalue weighted by Crippen LogP contribution is -2.54. The van der Waals surface area contributed by atoms with Crippen molar-refractivity contribution in [2.24, 2.45) is 5.92 Å². The van der Waals surface area contributed by atoms with Crippen LogP contribution in [0.5, 0.6) is 0 Å². The first-order valence-corrected chi connectivity index (χ1v) is 8.57. The number of nitrogens with one attached hydrogen (secondary N) is 1. The molecule has 118 valence electrons. The highest BCUT2D eigenvalue weighted by Crippen LogP contribution is 2.29. The molecule has 0 aromatic heterocycles. The molecule has 1 aromatic rings. The second kappa shape index (κ2) is 8.44. The summed E-state index contributed by atoms with van der Waals surface area (Å²) in [5.74, 6) is 2.06. The first-order valence-electron chi connectivity index (χ1n) is 7.41. The number of thioether (sulfide) groups is 1. The fourth-order valence-electron chi connectivity index (χ4n) is 2.28. The number of carbonyl (C=O) groups is 1. The zero-order valence-corrected chi connectivity index (χ0v) is 14.5. The molecule has 21 heavy (non-hydrogen) atoms. The van der Waals surface area contributed by atoms with Gasteiger partial charge in [-0.2, -0.15) is 11.8 Å². The van der Waals surface area contributed by atoms with Crippen LogP contribution in [0.15, 0.2) is 30.3 Å². The highest BCUT2D eigenvalue weighted by molar-refractivity contribution is 7.99. The Hall–Kier alpha value is -1.00. The molecule has 1 atom stereocenters. The molecule has 1 unspecified atom stereocenters. The van der Waals surface area contributed by atoms with E-state index in [0.717, 1.165) is 11.3 Å². The third-order valence-electron chi connectivity index (χ3n) is 3.11. The minimum Gasteiger partial charge on any atom is -0.467 e. The number of benzene rings is 1. The number of ether oxygens (including phenoxy) is 1. The Kier molecular flexibility index (Phi) is 7.26. The van der Waals surface area contributed by atoms with Gasteiger partial charge < -0.3 is 4.74 Å². The van der Waals surface area contributed by atoms with Crippen molar-refractivity contribution in [3.8, 4) is 0 Å². The van der Waals surface area contributed by atoms with E-state index in [2.05, 4.69) is 19.2 Å². The Balaban J connectivity index is 3.12. The first kappa shape index (κ1) is 18.1. The van der Waals surface area contributed by atoms with Gasteiger partial charge in [0.05, 0.1) is 7.11 Å². The van der Waals surface area contributed by atoms with E-state index in [4.69, 9.17) is 4.74 Å². The van der Waals surface area contributed by atoms with E-state index in [-0.39, 0.29) is 12.0 Å². The third-order valence-corrected chi connectivity index (χ3v) is 4.64. The number of methoxy groups -OCH3 is 1. The minimum absolute atomic E-state index is 0.184. The van der Waals surface area contributed by atoms with Crippen molar-refractivity contribution in [1.29, 1.82) is 0 Å². The Morgan fingerprint density at radius 3 is 2.33 bits per heavy atom. The monoisotopic (exact) mass is 309 g/mol. The van der Waals surface area contributed by atoms with Crippen LogP contribution in [0.1, 0.15) is 33.3 Å². The molecular formula is C17H27NO2S.